The molecule has 0 bridgehead atoms. The molecule has 7 heteroatoms. The Balaban J connectivity index is 1.50. The smallest absolute Gasteiger partial charge is 0.238 e. The number of piperidine rings is 1. The van der Waals surface area contributed by atoms with Gasteiger partial charge in [-0.25, -0.2) is 4.98 Å². The Labute approximate surface area is 152 Å². The highest BCUT2D eigenvalue weighted by Gasteiger charge is 2.57. The Kier molecular flexibility index (Phi) is 4.22. The predicted octanol–water partition coefficient (Wildman–Crippen LogP) is 1.30. The fraction of sp³-hybridized carbons (Fsp3) is 0.474. The van der Waals surface area contributed by atoms with Crippen molar-refractivity contribution < 1.29 is 9.59 Å². The standard InChI is InChI=1S/C19H23N5O2/c20-17(25)19(5-6-19)18(26)24-10-1-2-15(13-24)16-22-9-11-23(16)12-14-3-7-21-8-4-14/h3-4,7-9,11,15H,1-2,5-6,10,12-13H2,(H2,20,25)/t15-/m0/s1. The van der Waals surface area contributed by atoms with Gasteiger partial charge in [0.2, 0.25) is 11.8 Å². The first kappa shape index (κ1) is 16.8. The number of hydrogen-bond acceptors (Lipinski definition) is 4. The van der Waals surface area contributed by atoms with Crippen molar-refractivity contribution in [2.45, 2.75) is 38.1 Å². The van der Waals surface area contributed by atoms with Gasteiger partial charge in [-0.3, -0.25) is 14.6 Å². The number of aromatic nitrogens is 3. The Morgan fingerprint density at radius 2 is 2.00 bits per heavy atom. The Morgan fingerprint density at radius 1 is 1.23 bits per heavy atom. The zero-order chi connectivity index (χ0) is 18.1. The molecule has 2 N–H and O–H groups in total. The first-order chi connectivity index (χ1) is 12.6. The molecular formula is C19H23N5O2. The minimum atomic E-state index is -0.936. The van der Waals surface area contributed by atoms with Gasteiger partial charge in [0.25, 0.3) is 0 Å². The molecule has 0 radical (unpaired) electrons. The third kappa shape index (κ3) is 2.98. The molecule has 3 heterocycles. The molecule has 7 nitrogen and oxygen atoms in total. The third-order valence-corrected chi connectivity index (χ3v) is 5.55. The largest absolute Gasteiger partial charge is 0.369 e. The average molecular weight is 353 g/mol. The van der Waals surface area contributed by atoms with Gasteiger partial charge in [0, 0.05) is 50.3 Å². The van der Waals surface area contributed by atoms with Crippen molar-refractivity contribution in [3.63, 3.8) is 0 Å². The van der Waals surface area contributed by atoms with Gasteiger partial charge in [-0.2, -0.15) is 0 Å². The van der Waals surface area contributed by atoms with Crippen molar-refractivity contribution in [2.24, 2.45) is 11.1 Å². The van der Waals surface area contributed by atoms with E-state index in [1.807, 2.05) is 29.4 Å². The summed E-state index contributed by atoms with van der Waals surface area (Å²) in [5, 5.41) is 0. The number of likely N-dealkylation sites (tertiary alicyclic amines) is 1. The van der Waals surface area contributed by atoms with Gasteiger partial charge >= 0.3 is 0 Å². The minimum absolute atomic E-state index is 0.0954. The quantitative estimate of drug-likeness (QED) is 0.820. The van der Waals surface area contributed by atoms with Crippen molar-refractivity contribution in [3.8, 4) is 0 Å². The molecule has 1 atom stereocenters. The number of carbonyl (C=O) groups is 2. The Morgan fingerprint density at radius 3 is 2.69 bits per heavy atom. The predicted molar refractivity (Wildman–Crippen MR) is 95.0 cm³/mol. The van der Waals surface area contributed by atoms with Crippen molar-refractivity contribution in [1.29, 1.82) is 0 Å². The molecule has 4 rings (SSSR count). The van der Waals surface area contributed by atoms with Gasteiger partial charge in [-0.1, -0.05) is 0 Å². The van der Waals surface area contributed by atoms with Crippen LogP contribution >= 0.6 is 0 Å². The minimum Gasteiger partial charge on any atom is -0.369 e. The van der Waals surface area contributed by atoms with Crippen LogP contribution in [0.15, 0.2) is 36.9 Å². The molecule has 0 aromatic carbocycles. The van der Waals surface area contributed by atoms with Crippen LogP contribution in [0.3, 0.4) is 0 Å². The van der Waals surface area contributed by atoms with Crippen LogP contribution in [-0.2, 0) is 16.1 Å². The number of carbonyl (C=O) groups excluding carboxylic acids is 2. The van der Waals surface area contributed by atoms with Crippen LogP contribution in [0, 0.1) is 5.41 Å². The number of imidazole rings is 1. The summed E-state index contributed by atoms with van der Waals surface area (Å²) in [5.74, 6) is 0.585. The van der Waals surface area contributed by atoms with Crippen LogP contribution in [0.25, 0.3) is 0 Å². The van der Waals surface area contributed by atoms with E-state index >= 15 is 0 Å². The fourth-order valence-corrected chi connectivity index (χ4v) is 3.86. The summed E-state index contributed by atoms with van der Waals surface area (Å²) < 4.78 is 2.13. The molecule has 1 aliphatic carbocycles. The summed E-state index contributed by atoms with van der Waals surface area (Å²) in [6.45, 7) is 2.02. The summed E-state index contributed by atoms with van der Waals surface area (Å²) >= 11 is 0. The van der Waals surface area contributed by atoms with E-state index in [4.69, 9.17) is 5.73 Å². The van der Waals surface area contributed by atoms with E-state index in [-0.39, 0.29) is 11.8 Å². The monoisotopic (exact) mass is 353 g/mol. The van der Waals surface area contributed by atoms with Crippen LogP contribution in [0.4, 0.5) is 0 Å². The number of pyridine rings is 1. The molecule has 2 aliphatic rings. The number of rotatable bonds is 5. The van der Waals surface area contributed by atoms with Gasteiger partial charge in [0.15, 0.2) is 0 Å². The van der Waals surface area contributed by atoms with E-state index < -0.39 is 11.3 Å². The lowest BCUT2D eigenvalue weighted by molar-refractivity contribution is -0.144. The van der Waals surface area contributed by atoms with E-state index in [1.54, 1.807) is 12.4 Å². The molecule has 26 heavy (non-hydrogen) atoms. The summed E-state index contributed by atoms with van der Waals surface area (Å²) in [5.41, 5.74) is 5.70. The molecule has 1 saturated heterocycles. The maximum Gasteiger partial charge on any atom is 0.238 e. The SMILES string of the molecule is NC(=O)C1(C(=O)N2CCC[C@H](c3nccn3Cc3ccncc3)C2)CC1. The lowest BCUT2D eigenvalue weighted by Crippen LogP contribution is -2.47. The van der Waals surface area contributed by atoms with Crippen LogP contribution < -0.4 is 5.73 Å². The van der Waals surface area contributed by atoms with Crippen LogP contribution in [0.5, 0.6) is 0 Å². The van der Waals surface area contributed by atoms with E-state index in [9.17, 15) is 9.59 Å². The summed E-state index contributed by atoms with van der Waals surface area (Å²) in [6.07, 6.45) is 10.4. The second-order valence-electron chi connectivity index (χ2n) is 7.31. The maximum atomic E-state index is 12.8. The van der Waals surface area contributed by atoms with E-state index in [0.717, 1.165) is 30.8 Å². The second kappa shape index (κ2) is 6.55. The number of primary amides is 1. The number of amides is 2. The van der Waals surface area contributed by atoms with Gasteiger partial charge < -0.3 is 15.2 Å². The maximum absolute atomic E-state index is 12.8. The molecule has 136 valence electrons. The molecular weight excluding hydrogens is 330 g/mol. The Bertz CT molecular complexity index is 812. The zero-order valence-electron chi connectivity index (χ0n) is 14.7. The average Bonchev–Trinajstić information content (AvgIpc) is 3.36. The lowest BCUT2D eigenvalue weighted by Gasteiger charge is -2.34. The van der Waals surface area contributed by atoms with Crippen molar-refractivity contribution in [2.75, 3.05) is 13.1 Å². The van der Waals surface area contributed by atoms with Gasteiger partial charge in [0.1, 0.15) is 11.2 Å². The van der Waals surface area contributed by atoms with E-state index in [1.165, 1.54) is 0 Å². The van der Waals surface area contributed by atoms with Crippen LogP contribution in [-0.4, -0.2) is 44.3 Å². The first-order valence-corrected chi connectivity index (χ1v) is 9.09. The topological polar surface area (TPSA) is 94.1 Å². The first-order valence-electron chi connectivity index (χ1n) is 9.09. The highest BCUT2D eigenvalue weighted by Crippen LogP contribution is 2.47. The molecule has 1 aliphatic heterocycles. The molecule has 0 unspecified atom stereocenters. The Hall–Kier alpha value is -2.70. The molecule has 2 amide bonds. The normalized spacial score (nSPS) is 21.4. The summed E-state index contributed by atoms with van der Waals surface area (Å²) in [7, 11) is 0. The van der Waals surface area contributed by atoms with Gasteiger partial charge in [-0.15, -0.1) is 0 Å². The second-order valence-corrected chi connectivity index (χ2v) is 7.31. The molecule has 2 aromatic rings. The number of hydrogen-bond donors (Lipinski definition) is 1. The highest BCUT2D eigenvalue weighted by atomic mass is 16.2. The molecule has 0 spiro atoms. The van der Waals surface area contributed by atoms with Crippen LogP contribution in [0.1, 0.15) is 43.0 Å². The molecule has 2 fully saturated rings. The van der Waals surface area contributed by atoms with Crippen molar-refractivity contribution >= 4 is 11.8 Å². The van der Waals surface area contributed by atoms with E-state index in [2.05, 4.69) is 14.5 Å². The number of nitrogens with zero attached hydrogens (tertiary/aromatic N) is 4. The molecule has 2 aromatic heterocycles. The summed E-state index contributed by atoms with van der Waals surface area (Å²) in [6, 6.07) is 3.98. The lowest BCUT2D eigenvalue weighted by atomic mass is 9.94. The molecule has 1 saturated carbocycles. The van der Waals surface area contributed by atoms with Crippen molar-refractivity contribution in [1.82, 2.24) is 19.4 Å². The fourth-order valence-electron chi connectivity index (χ4n) is 3.86. The van der Waals surface area contributed by atoms with Crippen LogP contribution in [0.2, 0.25) is 0 Å². The van der Waals surface area contributed by atoms with Gasteiger partial charge in [-0.05, 0) is 43.4 Å². The highest BCUT2D eigenvalue weighted by molar-refractivity contribution is 6.07. The van der Waals surface area contributed by atoms with E-state index in [0.29, 0.717) is 25.9 Å². The zero-order valence-corrected chi connectivity index (χ0v) is 14.7. The van der Waals surface area contributed by atoms with Crippen molar-refractivity contribution in [3.05, 3.63) is 48.3 Å². The third-order valence-electron chi connectivity index (χ3n) is 5.55. The number of nitrogens with two attached hydrogens (primary N) is 1. The summed E-state index contributed by atoms with van der Waals surface area (Å²) in [4.78, 5) is 34.9. The van der Waals surface area contributed by atoms with Gasteiger partial charge in [0.05, 0.1) is 0 Å².